The van der Waals surface area contributed by atoms with Crippen molar-refractivity contribution < 1.29 is 0 Å². The van der Waals surface area contributed by atoms with Crippen LogP contribution in [0.2, 0.25) is 0 Å². The van der Waals surface area contributed by atoms with E-state index in [2.05, 4.69) is 121 Å². The highest BCUT2D eigenvalue weighted by Gasteiger charge is 2.14. The highest BCUT2D eigenvalue weighted by atomic mass is 14.9. The summed E-state index contributed by atoms with van der Waals surface area (Å²) in [6.45, 7) is 0. The molecule has 0 aliphatic heterocycles. The highest BCUT2D eigenvalue weighted by molar-refractivity contribution is 6.11. The van der Waals surface area contributed by atoms with E-state index in [0.717, 1.165) is 38.9 Å². The molecule has 0 amide bonds. The molecule has 0 radical (unpaired) electrons. The quantitative estimate of drug-likeness (QED) is 0.247. The molecule has 168 valence electrons. The maximum absolute atomic E-state index is 5.16. The fraction of sp³-hybridized carbons (Fsp3) is 0. The summed E-state index contributed by atoms with van der Waals surface area (Å²) in [5.41, 5.74) is 6.43. The minimum atomic E-state index is 0.747. The van der Waals surface area contributed by atoms with E-state index >= 15 is 0 Å². The van der Waals surface area contributed by atoms with Crippen LogP contribution in [0.4, 0.5) is 0 Å². The Morgan fingerprint density at radius 1 is 0.361 bits per heavy atom. The maximum Gasteiger partial charge on any atom is 0.161 e. The molecule has 0 bridgehead atoms. The molecule has 1 aromatic heterocycles. The molecule has 36 heavy (non-hydrogen) atoms. The monoisotopic (exact) mass is 458 g/mol. The molecule has 0 aliphatic rings. The van der Waals surface area contributed by atoms with Crippen molar-refractivity contribution in [3.8, 4) is 33.8 Å². The lowest BCUT2D eigenvalue weighted by Gasteiger charge is -2.12. The maximum atomic E-state index is 5.16. The molecule has 0 spiro atoms. The lowest BCUT2D eigenvalue weighted by Crippen LogP contribution is -1.96. The van der Waals surface area contributed by atoms with Gasteiger partial charge in [0, 0.05) is 16.5 Å². The van der Waals surface area contributed by atoms with Crippen molar-refractivity contribution in [1.82, 2.24) is 9.97 Å². The Bertz CT molecular complexity index is 1870. The molecule has 6 aromatic carbocycles. The molecular weight excluding hydrogens is 436 g/mol. The van der Waals surface area contributed by atoms with Crippen LogP contribution in [-0.2, 0) is 0 Å². The Balaban J connectivity index is 1.43. The van der Waals surface area contributed by atoms with Crippen molar-refractivity contribution in [2.45, 2.75) is 0 Å². The van der Waals surface area contributed by atoms with Crippen molar-refractivity contribution in [3.05, 3.63) is 133 Å². The minimum Gasteiger partial charge on any atom is -0.228 e. The van der Waals surface area contributed by atoms with Crippen molar-refractivity contribution in [3.63, 3.8) is 0 Å². The van der Waals surface area contributed by atoms with Crippen LogP contribution in [0.15, 0.2) is 133 Å². The summed E-state index contributed by atoms with van der Waals surface area (Å²) in [5.74, 6) is 0.747. The van der Waals surface area contributed by atoms with Crippen LogP contribution < -0.4 is 0 Å². The third-order valence-corrected chi connectivity index (χ3v) is 6.90. The van der Waals surface area contributed by atoms with E-state index in [0.29, 0.717) is 0 Å². The Morgan fingerprint density at radius 3 is 1.89 bits per heavy atom. The first-order chi connectivity index (χ1) is 17.8. The molecule has 0 saturated carbocycles. The molecule has 0 aliphatic carbocycles. The molecule has 0 atom stereocenters. The predicted molar refractivity (Wildman–Crippen MR) is 151 cm³/mol. The number of fused-ring (bicyclic) bond motifs is 4. The first-order valence-electron chi connectivity index (χ1n) is 12.2. The average Bonchev–Trinajstić information content (AvgIpc) is 2.97. The van der Waals surface area contributed by atoms with E-state index in [1.165, 1.54) is 27.3 Å². The molecule has 0 unspecified atom stereocenters. The van der Waals surface area contributed by atoms with Crippen LogP contribution in [0.5, 0.6) is 0 Å². The number of hydrogen-bond donors (Lipinski definition) is 0. The normalized spacial score (nSPS) is 11.3. The summed E-state index contributed by atoms with van der Waals surface area (Å²) in [5, 5.41) is 5.92. The highest BCUT2D eigenvalue weighted by Crippen LogP contribution is 2.35. The molecule has 0 fully saturated rings. The summed E-state index contributed by atoms with van der Waals surface area (Å²) in [4.78, 5) is 10.2. The summed E-state index contributed by atoms with van der Waals surface area (Å²) in [6.07, 6.45) is 0. The first-order valence-corrected chi connectivity index (χ1v) is 12.2. The zero-order valence-corrected chi connectivity index (χ0v) is 19.6. The third kappa shape index (κ3) is 3.43. The second kappa shape index (κ2) is 8.44. The molecule has 2 heteroatoms. The van der Waals surface area contributed by atoms with Gasteiger partial charge in [0.05, 0.1) is 11.2 Å². The minimum absolute atomic E-state index is 0.747. The van der Waals surface area contributed by atoms with Crippen LogP contribution in [0, 0.1) is 0 Å². The van der Waals surface area contributed by atoms with Gasteiger partial charge in [-0.15, -0.1) is 0 Å². The Kier molecular flexibility index (Phi) is 4.82. The van der Waals surface area contributed by atoms with Gasteiger partial charge in [0.25, 0.3) is 0 Å². The van der Waals surface area contributed by atoms with Gasteiger partial charge in [-0.3, -0.25) is 0 Å². The number of nitrogens with zero attached hydrogens (tertiary/aromatic N) is 2. The Morgan fingerprint density at radius 2 is 1.03 bits per heavy atom. The van der Waals surface area contributed by atoms with Crippen LogP contribution in [0.1, 0.15) is 0 Å². The van der Waals surface area contributed by atoms with E-state index in [1.807, 2.05) is 12.1 Å². The number of hydrogen-bond acceptors (Lipinski definition) is 2. The third-order valence-electron chi connectivity index (χ3n) is 6.90. The molecule has 7 rings (SSSR count). The molecule has 1 heterocycles. The van der Waals surface area contributed by atoms with Crippen molar-refractivity contribution in [2.75, 3.05) is 0 Å². The number of rotatable bonds is 3. The van der Waals surface area contributed by atoms with Gasteiger partial charge in [0.15, 0.2) is 5.82 Å². The largest absolute Gasteiger partial charge is 0.228 e. The van der Waals surface area contributed by atoms with Crippen LogP contribution in [0.25, 0.3) is 66.2 Å². The van der Waals surface area contributed by atoms with E-state index in [1.54, 1.807) is 0 Å². The molecule has 7 aromatic rings. The number of benzene rings is 6. The Labute approximate surface area is 209 Å². The van der Waals surface area contributed by atoms with E-state index < -0.39 is 0 Å². The van der Waals surface area contributed by atoms with Gasteiger partial charge in [0.2, 0.25) is 0 Å². The van der Waals surface area contributed by atoms with Gasteiger partial charge in [0.1, 0.15) is 0 Å². The average molecular weight is 459 g/mol. The van der Waals surface area contributed by atoms with Crippen LogP contribution in [-0.4, -0.2) is 9.97 Å². The smallest absolute Gasteiger partial charge is 0.161 e. The number of para-hydroxylation sites is 1. The summed E-state index contributed by atoms with van der Waals surface area (Å²) in [7, 11) is 0. The first kappa shape index (κ1) is 20.5. The van der Waals surface area contributed by atoms with Gasteiger partial charge in [-0.1, -0.05) is 127 Å². The van der Waals surface area contributed by atoms with Gasteiger partial charge >= 0.3 is 0 Å². The van der Waals surface area contributed by atoms with Crippen LogP contribution in [0.3, 0.4) is 0 Å². The van der Waals surface area contributed by atoms with Gasteiger partial charge in [-0.05, 0) is 38.7 Å². The molecule has 0 saturated heterocycles. The zero-order valence-electron chi connectivity index (χ0n) is 19.6. The second-order valence-corrected chi connectivity index (χ2v) is 9.04. The fourth-order valence-corrected chi connectivity index (χ4v) is 5.10. The number of aromatic nitrogens is 2. The van der Waals surface area contributed by atoms with Gasteiger partial charge in [-0.2, -0.15) is 0 Å². The lowest BCUT2D eigenvalue weighted by atomic mass is 9.97. The second-order valence-electron chi connectivity index (χ2n) is 9.04. The molecule has 0 N–H and O–H groups in total. The van der Waals surface area contributed by atoms with E-state index in [-0.39, 0.29) is 0 Å². The lowest BCUT2D eigenvalue weighted by molar-refractivity contribution is 1.23. The van der Waals surface area contributed by atoms with Gasteiger partial charge < -0.3 is 0 Å². The fourth-order valence-electron chi connectivity index (χ4n) is 5.10. The SMILES string of the molecule is c1ccc(-c2ccc(-c3nc(-c4cccc5c4ccc4ccccc45)nc4ccccc34)cc2)cc1. The van der Waals surface area contributed by atoms with Crippen LogP contribution >= 0.6 is 0 Å². The van der Waals surface area contributed by atoms with E-state index in [9.17, 15) is 0 Å². The van der Waals surface area contributed by atoms with Crippen molar-refractivity contribution in [2.24, 2.45) is 0 Å². The summed E-state index contributed by atoms with van der Waals surface area (Å²) in [6, 6.07) is 46.7. The van der Waals surface area contributed by atoms with E-state index in [4.69, 9.17) is 9.97 Å². The predicted octanol–water partition coefficient (Wildman–Crippen LogP) is 8.94. The Hall–Kier alpha value is -4.82. The van der Waals surface area contributed by atoms with Crippen molar-refractivity contribution in [1.29, 1.82) is 0 Å². The molecule has 2 nitrogen and oxygen atoms in total. The van der Waals surface area contributed by atoms with Gasteiger partial charge in [-0.25, -0.2) is 9.97 Å². The topological polar surface area (TPSA) is 25.8 Å². The summed E-state index contributed by atoms with van der Waals surface area (Å²) >= 11 is 0. The zero-order chi connectivity index (χ0) is 23.9. The molecular formula is C34H22N2. The van der Waals surface area contributed by atoms with Crippen molar-refractivity contribution >= 4 is 32.4 Å². The summed E-state index contributed by atoms with van der Waals surface area (Å²) < 4.78 is 0. The standard InChI is InChI=1S/C34H22N2/c1-2-9-23(10-3-1)24-17-19-26(20-18-24)33-31-13-6-7-16-32(31)35-34(36-33)30-15-8-14-28-27-12-5-4-11-25(27)21-22-29(28)30/h1-22H.